The van der Waals surface area contributed by atoms with Gasteiger partial charge in [-0.25, -0.2) is 0 Å². The molecule has 0 spiro atoms. The normalized spacial score (nSPS) is 16.5. The fraction of sp³-hybridized carbons (Fsp3) is 0.312. The van der Waals surface area contributed by atoms with Gasteiger partial charge >= 0.3 is 0 Å². The smallest absolute Gasteiger partial charge is 0.267 e. The second-order valence-electron chi connectivity index (χ2n) is 5.71. The number of pyridine rings is 1. The molecular formula is C16H16BrN3O2S. The lowest BCUT2D eigenvalue weighted by molar-refractivity contribution is 0.0848. The van der Waals surface area contributed by atoms with Crippen molar-refractivity contribution in [3.63, 3.8) is 0 Å². The fourth-order valence-corrected chi connectivity index (χ4v) is 4.07. The van der Waals surface area contributed by atoms with E-state index in [9.17, 15) is 9.59 Å². The van der Waals surface area contributed by atoms with Crippen LogP contribution in [0.2, 0.25) is 0 Å². The molecular weight excluding hydrogens is 378 g/mol. The molecule has 0 saturated heterocycles. The average Bonchev–Trinajstić information content (AvgIpc) is 2.95. The Balaban J connectivity index is 1.62. The van der Waals surface area contributed by atoms with E-state index in [1.165, 1.54) is 34.4 Å². The van der Waals surface area contributed by atoms with Gasteiger partial charge in [-0.1, -0.05) is 6.92 Å². The molecule has 1 aliphatic carbocycles. The molecule has 1 aliphatic rings. The molecule has 0 radical (unpaired) electrons. The molecule has 0 aromatic carbocycles. The zero-order valence-electron chi connectivity index (χ0n) is 12.6. The lowest BCUT2D eigenvalue weighted by Crippen LogP contribution is -2.41. The van der Waals surface area contributed by atoms with Crippen molar-refractivity contribution < 1.29 is 9.59 Å². The number of nitrogens with zero attached hydrogens (tertiary/aromatic N) is 1. The van der Waals surface area contributed by atoms with Crippen molar-refractivity contribution in [2.75, 3.05) is 0 Å². The van der Waals surface area contributed by atoms with Gasteiger partial charge in [-0.05, 0) is 58.8 Å². The molecule has 3 rings (SSSR count). The van der Waals surface area contributed by atoms with E-state index < -0.39 is 5.91 Å². The van der Waals surface area contributed by atoms with Gasteiger partial charge in [0.25, 0.3) is 11.8 Å². The number of fused-ring (bicyclic) bond motifs is 1. The first-order chi connectivity index (χ1) is 11.0. The Kier molecular flexibility index (Phi) is 4.77. The summed E-state index contributed by atoms with van der Waals surface area (Å²) in [5.41, 5.74) is 6.53. The molecule has 0 saturated carbocycles. The van der Waals surface area contributed by atoms with Gasteiger partial charge in [0, 0.05) is 21.7 Å². The quantitative estimate of drug-likeness (QED) is 0.769. The van der Waals surface area contributed by atoms with Crippen LogP contribution in [0.5, 0.6) is 0 Å². The summed E-state index contributed by atoms with van der Waals surface area (Å²) in [5.74, 6) is -0.0211. The minimum atomic E-state index is -0.401. The zero-order valence-corrected chi connectivity index (χ0v) is 15.0. The van der Waals surface area contributed by atoms with Gasteiger partial charge in [0.15, 0.2) is 0 Å². The van der Waals surface area contributed by atoms with Crippen molar-refractivity contribution in [1.82, 2.24) is 15.8 Å². The lowest BCUT2D eigenvalue weighted by atomic mass is 9.90. The van der Waals surface area contributed by atoms with Crippen LogP contribution in [0.4, 0.5) is 0 Å². The number of thiophene rings is 1. The van der Waals surface area contributed by atoms with Crippen molar-refractivity contribution in [3.8, 4) is 0 Å². The van der Waals surface area contributed by atoms with Gasteiger partial charge in [-0.2, -0.15) is 0 Å². The molecule has 0 aliphatic heterocycles. The van der Waals surface area contributed by atoms with E-state index in [0.29, 0.717) is 20.8 Å². The highest BCUT2D eigenvalue weighted by molar-refractivity contribution is 9.10. The van der Waals surface area contributed by atoms with Gasteiger partial charge in [-0.3, -0.25) is 25.4 Å². The van der Waals surface area contributed by atoms with Gasteiger partial charge < -0.3 is 0 Å². The molecule has 7 heteroatoms. The SMILES string of the molecule is C[C@H]1CCc2sc(C(=O)NNC(=O)c3cncc(Br)c3)cc2C1. The highest BCUT2D eigenvalue weighted by atomic mass is 79.9. The first kappa shape index (κ1) is 16.1. The van der Waals surface area contributed by atoms with Crippen molar-refractivity contribution in [2.45, 2.75) is 26.2 Å². The predicted octanol–water partition coefficient (Wildman–Crippen LogP) is 3.11. The fourth-order valence-electron chi connectivity index (χ4n) is 2.60. The molecule has 23 heavy (non-hydrogen) atoms. The predicted molar refractivity (Wildman–Crippen MR) is 92.4 cm³/mol. The molecule has 2 amide bonds. The number of nitrogens with one attached hydrogen (secondary N) is 2. The van der Waals surface area contributed by atoms with Crippen LogP contribution in [-0.2, 0) is 12.8 Å². The number of hydrazine groups is 1. The van der Waals surface area contributed by atoms with Gasteiger partial charge in [0.1, 0.15) is 0 Å². The third kappa shape index (κ3) is 3.79. The molecule has 0 unspecified atom stereocenters. The summed E-state index contributed by atoms with van der Waals surface area (Å²) >= 11 is 4.77. The van der Waals surface area contributed by atoms with Crippen LogP contribution in [0.15, 0.2) is 29.0 Å². The number of halogens is 1. The summed E-state index contributed by atoms with van der Waals surface area (Å²) in [6.45, 7) is 2.23. The Hall–Kier alpha value is -1.73. The monoisotopic (exact) mass is 393 g/mol. The highest BCUT2D eigenvalue weighted by Crippen LogP contribution is 2.32. The van der Waals surface area contributed by atoms with Crippen molar-refractivity contribution in [3.05, 3.63) is 49.9 Å². The Morgan fingerprint density at radius 2 is 2.04 bits per heavy atom. The number of aryl methyl sites for hydroxylation is 1. The summed E-state index contributed by atoms with van der Waals surface area (Å²) in [4.78, 5) is 30.0. The molecule has 2 heterocycles. The molecule has 0 bridgehead atoms. The number of hydrogen-bond acceptors (Lipinski definition) is 4. The maximum atomic E-state index is 12.2. The third-order valence-electron chi connectivity index (χ3n) is 3.81. The first-order valence-electron chi connectivity index (χ1n) is 7.35. The van der Waals surface area contributed by atoms with Crippen LogP contribution in [-0.4, -0.2) is 16.8 Å². The van der Waals surface area contributed by atoms with Crippen LogP contribution in [0.3, 0.4) is 0 Å². The topological polar surface area (TPSA) is 71.1 Å². The van der Waals surface area contributed by atoms with Gasteiger partial charge in [0.05, 0.1) is 10.4 Å². The molecule has 120 valence electrons. The van der Waals surface area contributed by atoms with Crippen molar-refractivity contribution >= 4 is 39.1 Å². The standard InChI is InChI=1S/C16H16BrN3O2S/c1-9-2-3-13-10(4-9)6-14(23-13)16(22)20-19-15(21)11-5-12(17)8-18-7-11/h5-9H,2-4H2,1H3,(H,19,21)(H,20,22)/t9-/m0/s1. The Labute approximate surface area is 146 Å². The summed E-state index contributed by atoms with van der Waals surface area (Å²) in [6.07, 6.45) is 6.25. The minimum Gasteiger partial charge on any atom is -0.267 e. The third-order valence-corrected chi connectivity index (χ3v) is 5.48. The molecule has 2 N–H and O–H groups in total. The summed E-state index contributed by atoms with van der Waals surface area (Å²) < 4.78 is 0.705. The maximum Gasteiger partial charge on any atom is 0.279 e. The minimum absolute atomic E-state index is 0.284. The van der Waals surface area contributed by atoms with E-state index in [1.807, 2.05) is 6.07 Å². The number of amides is 2. The maximum absolute atomic E-state index is 12.2. The van der Waals surface area contributed by atoms with E-state index >= 15 is 0 Å². The van der Waals surface area contributed by atoms with Gasteiger partial charge in [-0.15, -0.1) is 11.3 Å². The number of rotatable bonds is 2. The molecule has 1 atom stereocenters. The number of carbonyl (C=O) groups excluding carboxylic acids is 2. The molecule has 0 fully saturated rings. The number of carbonyl (C=O) groups is 2. The average molecular weight is 394 g/mol. The van der Waals surface area contributed by atoms with E-state index in [2.05, 4.69) is 38.7 Å². The molecule has 2 aromatic heterocycles. The lowest BCUT2D eigenvalue weighted by Gasteiger charge is -2.16. The summed E-state index contributed by atoms with van der Waals surface area (Å²) in [7, 11) is 0. The molecule has 5 nitrogen and oxygen atoms in total. The van der Waals surface area contributed by atoms with Crippen LogP contribution in [0, 0.1) is 5.92 Å². The highest BCUT2D eigenvalue weighted by Gasteiger charge is 2.21. The number of aromatic nitrogens is 1. The van der Waals surface area contributed by atoms with Crippen molar-refractivity contribution in [1.29, 1.82) is 0 Å². The van der Waals surface area contributed by atoms with Crippen molar-refractivity contribution in [2.24, 2.45) is 5.92 Å². The second-order valence-corrected chi connectivity index (χ2v) is 7.76. The second kappa shape index (κ2) is 6.80. The largest absolute Gasteiger partial charge is 0.279 e. The molecule has 2 aromatic rings. The summed E-state index contributed by atoms with van der Waals surface area (Å²) in [5, 5.41) is 0. The number of hydrogen-bond donors (Lipinski definition) is 2. The Bertz CT molecular complexity index is 760. The first-order valence-corrected chi connectivity index (χ1v) is 8.96. The van der Waals surface area contributed by atoms with Crippen LogP contribution in [0.25, 0.3) is 0 Å². The Morgan fingerprint density at radius 1 is 1.26 bits per heavy atom. The van der Waals surface area contributed by atoms with E-state index in [-0.39, 0.29) is 5.91 Å². The van der Waals surface area contributed by atoms with Crippen LogP contribution in [0.1, 0.15) is 43.8 Å². The van der Waals surface area contributed by atoms with Crippen LogP contribution >= 0.6 is 27.3 Å². The van der Waals surface area contributed by atoms with Gasteiger partial charge in [0.2, 0.25) is 0 Å². The Morgan fingerprint density at radius 3 is 2.83 bits per heavy atom. The van der Waals surface area contributed by atoms with E-state index in [0.717, 1.165) is 12.8 Å². The summed E-state index contributed by atoms with van der Waals surface area (Å²) in [6, 6.07) is 3.58. The zero-order chi connectivity index (χ0) is 16.4. The van der Waals surface area contributed by atoms with Crippen LogP contribution < -0.4 is 10.9 Å². The van der Waals surface area contributed by atoms with E-state index in [1.54, 1.807) is 12.3 Å². The van der Waals surface area contributed by atoms with E-state index in [4.69, 9.17) is 0 Å².